The van der Waals surface area contributed by atoms with Gasteiger partial charge in [-0.1, -0.05) is 26.8 Å². The Hall–Kier alpha value is -2.01. The van der Waals surface area contributed by atoms with E-state index in [4.69, 9.17) is 9.47 Å². The molecule has 0 aliphatic carbocycles. The van der Waals surface area contributed by atoms with E-state index >= 15 is 0 Å². The lowest BCUT2D eigenvalue weighted by Crippen LogP contribution is -2.36. The normalized spacial score (nSPS) is 15.5. The number of hydrogen-bond donors (Lipinski definition) is 1. The quantitative estimate of drug-likeness (QED) is 0.895. The van der Waals surface area contributed by atoms with Gasteiger partial charge < -0.3 is 14.8 Å². The van der Waals surface area contributed by atoms with Gasteiger partial charge in [-0.05, 0) is 35.1 Å². The van der Waals surface area contributed by atoms with Crippen LogP contribution in [-0.2, 0) is 0 Å². The number of carbonyl (C=O) groups is 1. The van der Waals surface area contributed by atoms with Crippen molar-refractivity contribution in [2.24, 2.45) is 5.41 Å². The third-order valence-corrected chi connectivity index (χ3v) is 4.92. The molecule has 1 amide bonds. The van der Waals surface area contributed by atoms with E-state index in [1.807, 2.05) is 17.5 Å². The van der Waals surface area contributed by atoms with Gasteiger partial charge in [0.1, 0.15) is 0 Å². The molecule has 1 unspecified atom stereocenters. The van der Waals surface area contributed by atoms with Gasteiger partial charge in [0.25, 0.3) is 5.91 Å². The van der Waals surface area contributed by atoms with Crippen molar-refractivity contribution in [2.45, 2.75) is 33.2 Å². The zero-order chi connectivity index (χ0) is 17.2. The number of carbonyl (C=O) groups excluding carboxylic acids is 1. The van der Waals surface area contributed by atoms with Gasteiger partial charge in [0, 0.05) is 16.9 Å². The minimum Gasteiger partial charge on any atom is -0.490 e. The van der Waals surface area contributed by atoms with Crippen LogP contribution in [0.1, 0.15) is 48.5 Å². The second-order valence-electron chi connectivity index (χ2n) is 7.00. The maximum absolute atomic E-state index is 12.8. The summed E-state index contributed by atoms with van der Waals surface area (Å²) in [4.78, 5) is 13.9. The molecular weight excluding hydrogens is 322 g/mol. The maximum Gasteiger partial charge on any atom is 0.251 e. The molecule has 0 fully saturated rings. The third-order valence-electron chi connectivity index (χ3n) is 3.98. The molecule has 0 radical (unpaired) electrons. The van der Waals surface area contributed by atoms with Gasteiger partial charge in [0.05, 0.1) is 19.3 Å². The molecule has 2 heterocycles. The topological polar surface area (TPSA) is 47.6 Å². The second kappa shape index (κ2) is 6.85. The minimum absolute atomic E-state index is 0.0408. The van der Waals surface area contributed by atoms with E-state index in [0.29, 0.717) is 30.3 Å². The molecule has 0 saturated carbocycles. The van der Waals surface area contributed by atoms with Crippen LogP contribution in [-0.4, -0.2) is 19.1 Å². The Bertz CT molecular complexity index is 704. The lowest BCUT2D eigenvalue weighted by Gasteiger charge is -2.30. The van der Waals surface area contributed by atoms with Gasteiger partial charge in [0.15, 0.2) is 11.5 Å². The maximum atomic E-state index is 12.8. The van der Waals surface area contributed by atoms with Gasteiger partial charge in [-0.2, -0.15) is 0 Å². The van der Waals surface area contributed by atoms with Crippen LogP contribution in [0.5, 0.6) is 11.5 Å². The van der Waals surface area contributed by atoms with Crippen molar-refractivity contribution in [2.75, 3.05) is 13.2 Å². The number of fused-ring (bicyclic) bond motifs is 1. The van der Waals surface area contributed by atoms with Gasteiger partial charge in [-0.3, -0.25) is 4.79 Å². The summed E-state index contributed by atoms with van der Waals surface area (Å²) in [6, 6.07) is 9.40. The Morgan fingerprint density at radius 3 is 2.58 bits per heavy atom. The van der Waals surface area contributed by atoms with Crippen molar-refractivity contribution in [1.29, 1.82) is 0 Å². The monoisotopic (exact) mass is 345 g/mol. The van der Waals surface area contributed by atoms with Gasteiger partial charge in [-0.25, -0.2) is 0 Å². The number of nitrogens with one attached hydrogen (secondary N) is 1. The molecule has 4 nitrogen and oxygen atoms in total. The van der Waals surface area contributed by atoms with Crippen molar-refractivity contribution in [3.8, 4) is 11.5 Å². The summed E-state index contributed by atoms with van der Waals surface area (Å²) in [6.07, 6.45) is 0.848. The first-order valence-corrected chi connectivity index (χ1v) is 9.07. The molecule has 1 N–H and O–H groups in total. The summed E-state index contributed by atoms with van der Waals surface area (Å²) in [7, 11) is 0. The number of amides is 1. The smallest absolute Gasteiger partial charge is 0.251 e. The fourth-order valence-electron chi connectivity index (χ4n) is 2.69. The van der Waals surface area contributed by atoms with Crippen molar-refractivity contribution < 1.29 is 14.3 Å². The van der Waals surface area contributed by atoms with E-state index in [0.717, 1.165) is 11.3 Å². The standard InChI is InChI=1S/C19H23NO3S/c1-19(2,3)17(16-6-4-11-24-16)20-18(21)13-7-8-14-15(12-13)23-10-5-9-22-14/h4,6-8,11-12,17H,5,9-10H2,1-3H3,(H,20,21). The Morgan fingerprint density at radius 1 is 1.17 bits per heavy atom. The van der Waals surface area contributed by atoms with Gasteiger partial charge in [-0.15, -0.1) is 11.3 Å². The van der Waals surface area contributed by atoms with Crippen LogP contribution in [0.25, 0.3) is 0 Å². The highest BCUT2D eigenvalue weighted by molar-refractivity contribution is 7.10. The van der Waals surface area contributed by atoms with Gasteiger partial charge >= 0.3 is 0 Å². The van der Waals surface area contributed by atoms with Crippen molar-refractivity contribution >= 4 is 17.2 Å². The van der Waals surface area contributed by atoms with E-state index in [2.05, 4.69) is 32.2 Å². The summed E-state index contributed by atoms with van der Waals surface area (Å²) in [5.74, 6) is 1.25. The predicted molar refractivity (Wildman–Crippen MR) is 96.0 cm³/mol. The molecule has 0 spiro atoms. The van der Waals surface area contributed by atoms with E-state index < -0.39 is 0 Å². The van der Waals surface area contributed by atoms with E-state index in [1.165, 1.54) is 0 Å². The summed E-state index contributed by atoms with van der Waals surface area (Å²) >= 11 is 1.66. The van der Waals surface area contributed by atoms with Crippen LogP contribution in [0.3, 0.4) is 0 Å². The molecule has 2 aromatic rings. The van der Waals surface area contributed by atoms with Crippen LogP contribution in [0, 0.1) is 5.41 Å². The van der Waals surface area contributed by atoms with Crippen LogP contribution < -0.4 is 14.8 Å². The Labute approximate surface area is 146 Å². The first-order valence-electron chi connectivity index (χ1n) is 8.19. The average Bonchev–Trinajstić information content (AvgIpc) is 2.95. The summed E-state index contributed by atoms with van der Waals surface area (Å²) in [5.41, 5.74) is 0.510. The summed E-state index contributed by atoms with van der Waals surface area (Å²) < 4.78 is 11.3. The molecule has 24 heavy (non-hydrogen) atoms. The van der Waals surface area contributed by atoms with Crippen LogP contribution in [0.4, 0.5) is 0 Å². The van der Waals surface area contributed by atoms with E-state index in [-0.39, 0.29) is 17.4 Å². The number of hydrogen-bond acceptors (Lipinski definition) is 4. The number of benzene rings is 1. The van der Waals surface area contributed by atoms with Gasteiger partial charge in [0.2, 0.25) is 0 Å². The molecule has 1 aliphatic heterocycles. The first kappa shape index (κ1) is 16.8. The highest BCUT2D eigenvalue weighted by atomic mass is 32.1. The van der Waals surface area contributed by atoms with Crippen molar-refractivity contribution in [3.05, 3.63) is 46.2 Å². The Balaban J connectivity index is 1.82. The highest BCUT2D eigenvalue weighted by Crippen LogP contribution is 2.36. The molecule has 128 valence electrons. The van der Waals surface area contributed by atoms with Crippen molar-refractivity contribution in [1.82, 2.24) is 5.32 Å². The third kappa shape index (κ3) is 3.73. The lowest BCUT2D eigenvalue weighted by molar-refractivity contribution is 0.0903. The average molecular weight is 345 g/mol. The minimum atomic E-state index is -0.0982. The molecule has 1 aliphatic rings. The SMILES string of the molecule is CC(C)(C)C(NC(=O)c1ccc2c(c1)OCCCO2)c1cccs1. The largest absolute Gasteiger partial charge is 0.490 e. The predicted octanol–water partition coefficient (Wildman–Crippen LogP) is 4.43. The molecule has 1 atom stereocenters. The molecule has 3 rings (SSSR count). The second-order valence-corrected chi connectivity index (χ2v) is 7.98. The molecular formula is C19H23NO3S. The number of thiophene rings is 1. The molecule has 1 aromatic heterocycles. The number of rotatable bonds is 3. The number of ether oxygens (including phenoxy) is 2. The summed E-state index contributed by atoms with van der Waals surface area (Å²) in [5, 5.41) is 5.21. The summed E-state index contributed by atoms with van der Waals surface area (Å²) in [6.45, 7) is 7.64. The zero-order valence-electron chi connectivity index (χ0n) is 14.3. The fraction of sp³-hybridized carbons (Fsp3) is 0.421. The highest BCUT2D eigenvalue weighted by Gasteiger charge is 2.29. The Morgan fingerprint density at radius 2 is 1.92 bits per heavy atom. The Kier molecular flexibility index (Phi) is 4.81. The van der Waals surface area contributed by atoms with Crippen LogP contribution in [0.2, 0.25) is 0 Å². The van der Waals surface area contributed by atoms with Crippen molar-refractivity contribution in [3.63, 3.8) is 0 Å². The van der Waals surface area contributed by atoms with E-state index in [1.54, 1.807) is 23.5 Å². The first-order chi connectivity index (χ1) is 11.4. The van der Waals surface area contributed by atoms with Crippen LogP contribution >= 0.6 is 11.3 Å². The lowest BCUT2D eigenvalue weighted by atomic mass is 9.85. The van der Waals surface area contributed by atoms with E-state index in [9.17, 15) is 4.79 Å². The molecule has 5 heteroatoms. The van der Waals surface area contributed by atoms with Crippen LogP contribution in [0.15, 0.2) is 35.7 Å². The molecule has 0 bridgehead atoms. The fourth-order valence-corrected chi connectivity index (χ4v) is 3.71. The zero-order valence-corrected chi connectivity index (χ0v) is 15.1. The molecule has 1 aromatic carbocycles. The molecule has 0 saturated heterocycles.